The molecule has 0 aliphatic carbocycles. The van der Waals surface area contributed by atoms with Gasteiger partial charge in [0.2, 0.25) is 0 Å². The summed E-state index contributed by atoms with van der Waals surface area (Å²) in [6.45, 7) is 0. The number of anilines is 2. The van der Waals surface area contributed by atoms with Crippen molar-refractivity contribution < 1.29 is 4.79 Å². The van der Waals surface area contributed by atoms with E-state index in [0.29, 0.717) is 26.4 Å². The molecule has 0 radical (unpaired) electrons. The minimum Gasteiger partial charge on any atom is -0.398 e. The van der Waals surface area contributed by atoms with Crippen LogP contribution in [0.4, 0.5) is 11.4 Å². The Hall–Kier alpha value is -1.04. The molecule has 3 nitrogen and oxygen atoms in total. The molecule has 3 N–H and O–H groups in total. The summed E-state index contributed by atoms with van der Waals surface area (Å²) in [5.74, 6) is -0.254. The molecule has 0 unspecified atom stereocenters. The minimum atomic E-state index is -0.254. The van der Waals surface area contributed by atoms with Crippen molar-refractivity contribution in [1.29, 1.82) is 0 Å². The van der Waals surface area contributed by atoms with Gasteiger partial charge < -0.3 is 11.1 Å². The molecule has 0 aromatic heterocycles. The molecule has 2 aromatic carbocycles. The molecule has 2 aromatic rings. The van der Waals surface area contributed by atoms with E-state index < -0.39 is 0 Å². The highest BCUT2D eigenvalue weighted by molar-refractivity contribution is 9.11. The first-order chi connectivity index (χ1) is 8.97. The molecule has 0 saturated heterocycles. The topological polar surface area (TPSA) is 55.1 Å². The summed E-state index contributed by atoms with van der Waals surface area (Å²) in [6.07, 6.45) is 0. The standard InChI is InChI=1S/C13H9Br2ClN2O/c14-10-3-1-7(16)5-9(10)13(19)18-8-2-4-11(15)12(17)6-8/h1-6H,17H2,(H,18,19). The smallest absolute Gasteiger partial charge is 0.256 e. The highest BCUT2D eigenvalue weighted by Crippen LogP contribution is 2.25. The van der Waals surface area contributed by atoms with E-state index in [9.17, 15) is 4.79 Å². The van der Waals surface area contributed by atoms with Crippen molar-refractivity contribution >= 4 is 60.7 Å². The van der Waals surface area contributed by atoms with Crippen LogP contribution in [0.5, 0.6) is 0 Å². The van der Waals surface area contributed by atoms with Gasteiger partial charge in [-0.25, -0.2) is 0 Å². The van der Waals surface area contributed by atoms with Gasteiger partial charge >= 0.3 is 0 Å². The highest BCUT2D eigenvalue weighted by atomic mass is 79.9. The fourth-order valence-electron chi connectivity index (χ4n) is 1.49. The summed E-state index contributed by atoms with van der Waals surface area (Å²) in [7, 11) is 0. The van der Waals surface area contributed by atoms with Crippen LogP contribution in [0.1, 0.15) is 10.4 Å². The molecule has 2 rings (SSSR count). The van der Waals surface area contributed by atoms with E-state index in [2.05, 4.69) is 37.2 Å². The van der Waals surface area contributed by atoms with Crippen molar-refractivity contribution in [3.63, 3.8) is 0 Å². The number of hydrogen-bond donors (Lipinski definition) is 2. The van der Waals surface area contributed by atoms with Gasteiger partial charge in [-0.1, -0.05) is 11.6 Å². The normalized spacial score (nSPS) is 10.3. The number of nitrogen functional groups attached to an aromatic ring is 1. The second-order valence-corrected chi connectivity index (χ2v) is 5.96. The Morgan fingerprint density at radius 1 is 1.11 bits per heavy atom. The van der Waals surface area contributed by atoms with Crippen molar-refractivity contribution in [1.82, 2.24) is 0 Å². The fourth-order valence-corrected chi connectivity index (χ4v) is 2.34. The van der Waals surface area contributed by atoms with Gasteiger partial charge in [-0.15, -0.1) is 0 Å². The first-order valence-electron chi connectivity index (χ1n) is 5.29. The van der Waals surface area contributed by atoms with Gasteiger partial charge in [-0.05, 0) is 68.3 Å². The molecule has 0 spiro atoms. The molecule has 0 saturated carbocycles. The molecule has 98 valence electrons. The zero-order valence-corrected chi connectivity index (χ0v) is 13.5. The van der Waals surface area contributed by atoms with E-state index in [-0.39, 0.29) is 5.91 Å². The SMILES string of the molecule is Nc1cc(NC(=O)c2cc(Cl)ccc2Br)ccc1Br. The van der Waals surface area contributed by atoms with Crippen LogP contribution >= 0.6 is 43.5 Å². The summed E-state index contributed by atoms with van der Waals surface area (Å²) in [6, 6.07) is 10.3. The number of halogens is 3. The average molecular weight is 404 g/mol. The van der Waals surface area contributed by atoms with E-state index in [0.717, 1.165) is 4.47 Å². The van der Waals surface area contributed by atoms with Gasteiger partial charge in [0.25, 0.3) is 5.91 Å². The van der Waals surface area contributed by atoms with Crippen LogP contribution in [0.15, 0.2) is 45.3 Å². The molecular formula is C13H9Br2ClN2O. The van der Waals surface area contributed by atoms with Gasteiger partial charge in [0, 0.05) is 25.3 Å². The highest BCUT2D eigenvalue weighted by Gasteiger charge is 2.11. The number of nitrogens with two attached hydrogens (primary N) is 1. The van der Waals surface area contributed by atoms with Gasteiger partial charge in [-0.3, -0.25) is 4.79 Å². The van der Waals surface area contributed by atoms with Crippen LogP contribution in [0.2, 0.25) is 5.02 Å². The number of rotatable bonds is 2. The van der Waals surface area contributed by atoms with Crippen LogP contribution < -0.4 is 11.1 Å². The van der Waals surface area contributed by atoms with Crippen molar-refractivity contribution in [3.8, 4) is 0 Å². The lowest BCUT2D eigenvalue weighted by molar-refractivity contribution is 0.102. The Morgan fingerprint density at radius 3 is 2.47 bits per heavy atom. The molecule has 1 amide bonds. The lowest BCUT2D eigenvalue weighted by atomic mass is 10.2. The zero-order chi connectivity index (χ0) is 14.0. The number of benzene rings is 2. The van der Waals surface area contributed by atoms with E-state index in [1.54, 1.807) is 36.4 Å². The van der Waals surface area contributed by atoms with Crippen LogP contribution in [0.3, 0.4) is 0 Å². The Bertz CT molecular complexity index is 647. The average Bonchev–Trinajstić information content (AvgIpc) is 2.36. The summed E-state index contributed by atoms with van der Waals surface area (Å²) in [5.41, 5.74) is 7.41. The van der Waals surface area contributed by atoms with Crippen molar-refractivity contribution in [2.24, 2.45) is 0 Å². The molecule has 19 heavy (non-hydrogen) atoms. The largest absolute Gasteiger partial charge is 0.398 e. The maximum atomic E-state index is 12.1. The molecule has 0 bridgehead atoms. The summed E-state index contributed by atoms with van der Waals surface area (Å²) < 4.78 is 1.47. The Kier molecular flexibility index (Phi) is 4.50. The third kappa shape index (κ3) is 3.49. The van der Waals surface area contributed by atoms with E-state index in [1.807, 2.05) is 0 Å². The molecule has 6 heteroatoms. The third-order valence-electron chi connectivity index (χ3n) is 2.43. The lowest BCUT2D eigenvalue weighted by Crippen LogP contribution is -2.12. The molecule has 0 aliphatic heterocycles. The Morgan fingerprint density at radius 2 is 1.79 bits per heavy atom. The molecule has 0 heterocycles. The first kappa shape index (κ1) is 14.4. The van der Waals surface area contributed by atoms with Crippen LogP contribution in [0, 0.1) is 0 Å². The van der Waals surface area contributed by atoms with Crippen LogP contribution in [-0.4, -0.2) is 5.91 Å². The van der Waals surface area contributed by atoms with Crippen molar-refractivity contribution in [2.75, 3.05) is 11.1 Å². The monoisotopic (exact) mass is 402 g/mol. The van der Waals surface area contributed by atoms with E-state index >= 15 is 0 Å². The second-order valence-electron chi connectivity index (χ2n) is 3.81. The van der Waals surface area contributed by atoms with Crippen LogP contribution in [-0.2, 0) is 0 Å². The Balaban J connectivity index is 2.25. The third-order valence-corrected chi connectivity index (χ3v) is 4.08. The van der Waals surface area contributed by atoms with Crippen LogP contribution in [0.25, 0.3) is 0 Å². The first-order valence-corrected chi connectivity index (χ1v) is 7.25. The summed E-state index contributed by atoms with van der Waals surface area (Å²) in [4.78, 5) is 12.1. The molecule has 0 aliphatic rings. The van der Waals surface area contributed by atoms with Crippen molar-refractivity contribution in [3.05, 3.63) is 55.9 Å². The maximum absolute atomic E-state index is 12.1. The predicted octanol–water partition coefficient (Wildman–Crippen LogP) is 4.70. The summed E-state index contributed by atoms with van der Waals surface area (Å²) >= 11 is 12.5. The molecule has 0 fully saturated rings. The Labute approximate surface area is 132 Å². The lowest BCUT2D eigenvalue weighted by Gasteiger charge is -2.08. The van der Waals surface area contributed by atoms with Gasteiger partial charge in [0.1, 0.15) is 0 Å². The van der Waals surface area contributed by atoms with E-state index in [4.69, 9.17) is 17.3 Å². The number of carbonyl (C=O) groups excluding carboxylic acids is 1. The number of hydrogen-bond acceptors (Lipinski definition) is 2. The minimum absolute atomic E-state index is 0.254. The fraction of sp³-hybridized carbons (Fsp3) is 0. The number of nitrogens with one attached hydrogen (secondary N) is 1. The molecular weight excluding hydrogens is 395 g/mol. The predicted molar refractivity (Wildman–Crippen MR) is 85.7 cm³/mol. The molecule has 0 atom stereocenters. The maximum Gasteiger partial charge on any atom is 0.256 e. The summed E-state index contributed by atoms with van der Waals surface area (Å²) in [5, 5.41) is 3.27. The van der Waals surface area contributed by atoms with E-state index in [1.165, 1.54) is 0 Å². The zero-order valence-electron chi connectivity index (χ0n) is 9.58. The number of amides is 1. The number of carbonyl (C=O) groups is 1. The van der Waals surface area contributed by atoms with Gasteiger partial charge in [-0.2, -0.15) is 0 Å². The van der Waals surface area contributed by atoms with Gasteiger partial charge in [0.15, 0.2) is 0 Å². The van der Waals surface area contributed by atoms with Gasteiger partial charge in [0.05, 0.1) is 5.56 Å². The van der Waals surface area contributed by atoms with Crippen molar-refractivity contribution in [2.45, 2.75) is 0 Å². The quantitative estimate of drug-likeness (QED) is 0.713. The second kappa shape index (κ2) is 5.94.